The molecule has 0 radical (unpaired) electrons. The van der Waals surface area contributed by atoms with Crippen LogP contribution in [-0.2, 0) is 30.2 Å². The van der Waals surface area contributed by atoms with Crippen molar-refractivity contribution in [1.29, 1.82) is 0 Å². The zero-order chi connectivity index (χ0) is 19.5. The van der Waals surface area contributed by atoms with Crippen molar-refractivity contribution in [3.05, 3.63) is 58.4 Å². The third-order valence-corrected chi connectivity index (χ3v) is 6.34. The average molecular weight is 376 g/mol. The van der Waals surface area contributed by atoms with Gasteiger partial charge in [-0.3, -0.25) is 0 Å². The minimum Gasteiger partial charge on any atom is -0.480 e. The standard InChI is InChI=1S/C23H24N2O3/c1-4-27-22(26)17-13-19-20(24-14(2)25(19)3)21-16(17)10-12-23(28-21)11-9-15-7-5-6-8-18(15)23/h5-8,13H,4,9-12H2,1-3H3. The van der Waals surface area contributed by atoms with Gasteiger partial charge < -0.3 is 14.0 Å². The van der Waals surface area contributed by atoms with E-state index in [0.29, 0.717) is 12.2 Å². The summed E-state index contributed by atoms with van der Waals surface area (Å²) in [5.74, 6) is 1.37. The fourth-order valence-electron chi connectivity index (χ4n) is 4.79. The molecule has 0 bridgehead atoms. The highest BCUT2D eigenvalue weighted by Crippen LogP contribution is 2.50. The van der Waals surface area contributed by atoms with Crippen LogP contribution in [0.3, 0.4) is 0 Å². The highest BCUT2D eigenvalue weighted by atomic mass is 16.5. The molecule has 1 aliphatic heterocycles. The molecule has 0 fully saturated rings. The first-order chi connectivity index (χ1) is 13.5. The van der Waals surface area contributed by atoms with Crippen LogP contribution in [0.15, 0.2) is 30.3 Å². The molecule has 0 saturated heterocycles. The second kappa shape index (κ2) is 6.09. The molecule has 5 rings (SSSR count). The summed E-state index contributed by atoms with van der Waals surface area (Å²) in [7, 11) is 1.97. The van der Waals surface area contributed by atoms with Crippen LogP contribution in [-0.4, -0.2) is 22.1 Å². The van der Waals surface area contributed by atoms with E-state index < -0.39 is 0 Å². The maximum Gasteiger partial charge on any atom is 0.338 e. The minimum atomic E-state index is -0.324. The number of nitrogens with zero attached hydrogens (tertiary/aromatic N) is 2. The molecule has 2 aromatic carbocycles. The first-order valence-corrected chi connectivity index (χ1v) is 9.97. The van der Waals surface area contributed by atoms with Gasteiger partial charge in [0.05, 0.1) is 17.7 Å². The smallest absolute Gasteiger partial charge is 0.338 e. The average Bonchev–Trinajstić information content (AvgIpc) is 3.20. The summed E-state index contributed by atoms with van der Waals surface area (Å²) >= 11 is 0. The molecule has 5 heteroatoms. The molecule has 0 amide bonds. The number of hydrogen-bond donors (Lipinski definition) is 0. The Morgan fingerprint density at radius 1 is 1.29 bits per heavy atom. The lowest BCUT2D eigenvalue weighted by atomic mass is 9.84. The molecule has 1 spiro atoms. The molecule has 1 aliphatic carbocycles. The van der Waals surface area contributed by atoms with Crippen molar-refractivity contribution < 1.29 is 14.3 Å². The number of rotatable bonds is 2. The summed E-state index contributed by atoms with van der Waals surface area (Å²) in [4.78, 5) is 17.5. The maximum atomic E-state index is 12.7. The maximum absolute atomic E-state index is 12.7. The highest BCUT2D eigenvalue weighted by Gasteiger charge is 2.45. The fraction of sp³-hybridized carbons (Fsp3) is 0.391. The summed E-state index contributed by atoms with van der Waals surface area (Å²) < 4.78 is 14.1. The lowest BCUT2D eigenvalue weighted by Gasteiger charge is -2.37. The number of esters is 1. The molecule has 144 valence electrons. The van der Waals surface area contributed by atoms with Gasteiger partial charge in [0.15, 0.2) is 5.75 Å². The molecule has 3 aromatic rings. The summed E-state index contributed by atoms with van der Waals surface area (Å²) in [5.41, 5.74) is 5.60. The van der Waals surface area contributed by atoms with E-state index in [1.807, 2.05) is 31.5 Å². The zero-order valence-corrected chi connectivity index (χ0v) is 16.5. The summed E-state index contributed by atoms with van der Waals surface area (Å²) in [6.07, 6.45) is 3.63. The van der Waals surface area contributed by atoms with Crippen LogP contribution < -0.4 is 4.74 Å². The van der Waals surface area contributed by atoms with Gasteiger partial charge in [0, 0.05) is 12.6 Å². The number of aryl methyl sites for hydroxylation is 3. The molecule has 1 atom stereocenters. The van der Waals surface area contributed by atoms with Crippen LogP contribution in [0.25, 0.3) is 11.0 Å². The second-order valence-corrected chi connectivity index (χ2v) is 7.79. The molecular formula is C23H24N2O3. The lowest BCUT2D eigenvalue weighted by molar-refractivity contribution is 0.0428. The van der Waals surface area contributed by atoms with Gasteiger partial charge in [-0.1, -0.05) is 24.3 Å². The van der Waals surface area contributed by atoms with Gasteiger partial charge in [0.25, 0.3) is 0 Å². The van der Waals surface area contributed by atoms with E-state index in [-0.39, 0.29) is 11.6 Å². The number of aromatic nitrogens is 2. The number of carbonyl (C=O) groups is 1. The van der Waals surface area contributed by atoms with E-state index in [2.05, 4.69) is 24.3 Å². The quantitative estimate of drug-likeness (QED) is 0.628. The van der Waals surface area contributed by atoms with Crippen molar-refractivity contribution in [1.82, 2.24) is 9.55 Å². The van der Waals surface area contributed by atoms with Gasteiger partial charge in [0.1, 0.15) is 16.9 Å². The van der Waals surface area contributed by atoms with Crippen molar-refractivity contribution in [3.63, 3.8) is 0 Å². The third kappa shape index (κ3) is 2.32. The Morgan fingerprint density at radius 3 is 2.89 bits per heavy atom. The van der Waals surface area contributed by atoms with Crippen molar-refractivity contribution in [2.75, 3.05) is 6.61 Å². The van der Waals surface area contributed by atoms with Gasteiger partial charge in [-0.15, -0.1) is 0 Å². The van der Waals surface area contributed by atoms with E-state index in [9.17, 15) is 4.79 Å². The van der Waals surface area contributed by atoms with E-state index in [1.54, 1.807) is 0 Å². The van der Waals surface area contributed by atoms with E-state index in [0.717, 1.165) is 53.9 Å². The van der Waals surface area contributed by atoms with Crippen molar-refractivity contribution in [3.8, 4) is 5.75 Å². The molecule has 28 heavy (non-hydrogen) atoms. The molecule has 2 aliphatic rings. The van der Waals surface area contributed by atoms with Crippen LogP contribution in [0.2, 0.25) is 0 Å². The monoisotopic (exact) mass is 376 g/mol. The molecule has 0 N–H and O–H groups in total. The minimum absolute atomic E-state index is 0.286. The Labute approximate surface area is 164 Å². The molecule has 1 aromatic heterocycles. The number of benzene rings is 2. The largest absolute Gasteiger partial charge is 0.480 e. The molecule has 0 saturated carbocycles. The zero-order valence-electron chi connectivity index (χ0n) is 16.5. The lowest BCUT2D eigenvalue weighted by Crippen LogP contribution is -2.35. The van der Waals surface area contributed by atoms with Gasteiger partial charge in [-0.05, 0) is 56.7 Å². The van der Waals surface area contributed by atoms with Crippen LogP contribution in [0.1, 0.15) is 52.6 Å². The number of imidazole rings is 1. The van der Waals surface area contributed by atoms with Crippen LogP contribution in [0.5, 0.6) is 5.75 Å². The van der Waals surface area contributed by atoms with E-state index in [4.69, 9.17) is 14.5 Å². The first kappa shape index (κ1) is 17.3. The van der Waals surface area contributed by atoms with Gasteiger partial charge >= 0.3 is 5.97 Å². The normalized spacial score (nSPS) is 20.1. The molecule has 1 unspecified atom stereocenters. The number of carbonyl (C=O) groups excluding carboxylic acids is 1. The molecule has 5 nitrogen and oxygen atoms in total. The third-order valence-electron chi connectivity index (χ3n) is 6.34. The van der Waals surface area contributed by atoms with Gasteiger partial charge in [-0.25, -0.2) is 9.78 Å². The summed E-state index contributed by atoms with van der Waals surface area (Å²) in [5, 5.41) is 0. The molecule has 2 heterocycles. The van der Waals surface area contributed by atoms with Crippen LogP contribution in [0, 0.1) is 6.92 Å². The van der Waals surface area contributed by atoms with E-state index in [1.165, 1.54) is 11.1 Å². The number of ether oxygens (including phenoxy) is 2. The SMILES string of the molecule is CCOC(=O)c1cc2c(nc(C)n2C)c2c1CCC1(CCc3ccccc31)O2. The Kier molecular flexibility index (Phi) is 3.76. The Balaban J connectivity index is 1.72. The predicted molar refractivity (Wildman–Crippen MR) is 107 cm³/mol. The van der Waals surface area contributed by atoms with Gasteiger partial charge in [-0.2, -0.15) is 0 Å². The van der Waals surface area contributed by atoms with Crippen molar-refractivity contribution >= 4 is 17.0 Å². The Morgan fingerprint density at radius 2 is 2.07 bits per heavy atom. The molecular weight excluding hydrogens is 352 g/mol. The van der Waals surface area contributed by atoms with Gasteiger partial charge in [0.2, 0.25) is 0 Å². The van der Waals surface area contributed by atoms with Crippen LogP contribution in [0.4, 0.5) is 0 Å². The predicted octanol–water partition coefficient (Wildman–Crippen LogP) is 4.23. The Bertz CT molecular complexity index is 1110. The summed E-state index contributed by atoms with van der Waals surface area (Å²) in [6, 6.07) is 10.5. The summed E-state index contributed by atoms with van der Waals surface area (Å²) in [6.45, 7) is 4.16. The first-order valence-electron chi connectivity index (χ1n) is 9.97. The number of hydrogen-bond acceptors (Lipinski definition) is 4. The van der Waals surface area contributed by atoms with Crippen molar-refractivity contribution in [2.24, 2.45) is 7.05 Å². The highest BCUT2D eigenvalue weighted by molar-refractivity contribution is 5.99. The van der Waals surface area contributed by atoms with Crippen LogP contribution >= 0.6 is 0 Å². The van der Waals surface area contributed by atoms with Crippen molar-refractivity contribution in [2.45, 2.75) is 45.1 Å². The fourth-order valence-corrected chi connectivity index (χ4v) is 4.79. The van der Waals surface area contributed by atoms with E-state index >= 15 is 0 Å². The number of fused-ring (bicyclic) bond motifs is 5. The topological polar surface area (TPSA) is 53.3 Å². The second-order valence-electron chi connectivity index (χ2n) is 7.79. The Hall–Kier alpha value is -2.82.